The van der Waals surface area contributed by atoms with Gasteiger partial charge < -0.3 is 9.64 Å². The number of rotatable bonds is 7. The Bertz CT molecular complexity index is 847. The van der Waals surface area contributed by atoms with E-state index >= 15 is 0 Å². The lowest BCUT2D eigenvalue weighted by atomic mass is 10.2. The molecule has 1 aromatic rings. The Morgan fingerprint density at radius 3 is 2.66 bits per heavy atom. The van der Waals surface area contributed by atoms with Crippen LogP contribution in [0.1, 0.15) is 49.2 Å². The Morgan fingerprint density at radius 2 is 2.03 bits per heavy atom. The van der Waals surface area contributed by atoms with Crippen LogP contribution >= 0.6 is 0 Å². The molecule has 1 aliphatic heterocycles. The van der Waals surface area contributed by atoms with Crippen molar-refractivity contribution in [3.05, 3.63) is 17.5 Å². The number of carbonyl (C=O) groups excluding carboxylic acids is 2. The maximum absolute atomic E-state index is 13.5. The van der Waals surface area contributed by atoms with Crippen molar-refractivity contribution >= 4 is 21.5 Å². The van der Waals surface area contributed by atoms with Gasteiger partial charge in [-0.3, -0.25) is 14.3 Å². The van der Waals surface area contributed by atoms with Gasteiger partial charge >= 0.3 is 0 Å². The molecule has 0 bridgehead atoms. The first kappa shape index (κ1) is 23.4. The fraction of sp³-hybridized carbons (Fsp3) is 0.722. The summed E-state index contributed by atoms with van der Waals surface area (Å²) in [6.45, 7) is 4.85. The second kappa shape index (κ2) is 10.2. The second-order valence-electron chi connectivity index (χ2n) is 7.37. The van der Waals surface area contributed by atoms with Crippen molar-refractivity contribution in [3.63, 3.8) is 0 Å². The van der Waals surface area contributed by atoms with Crippen molar-refractivity contribution in [2.75, 3.05) is 38.3 Å². The van der Waals surface area contributed by atoms with Gasteiger partial charge in [0.25, 0.3) is 12.3 Å². The van der Waals surface area contributed by atoms with Crippen LogP contribution in [-0.4, -0.2) is 69.0 Å². The zero-order chi connectivity index (χ0) is 21.6. The van der Waals surface area contributed by atoms with Crippen molar-refractivity contribution < 1.29 is 27.3 Å². The molecule has 0 N–H and O–H groups in total. The summed E-state index contributed by atoms with van der Waals surface area (Å²) < 4.78 is 50.0. The highest BCUT2D eigenvalue weighted by atomic mass is 32.2. The topological polar surface area (TPSA) is 93.9 Å². The van der Waals surface area contributed by atoms with Gasteiger partial charge in [-0.1, -0.05) is 13.8 Å². The van der Waals surface area contributed by atoms with Crippen molar-refractivity contribution in [2.45, 2.75) is 39.7 Å². The van der Waals surface area contributed by atoms with Gasteiger partial charge in [0.2, 0.25) is 5.91 Å². The number of carbonyl (C=O) groups is 2. The molecule has 0 aliphatic carbocycles. The molecule has 29 heavy (non-hydrogen) atoms. The minimum atomic E-state index is -2.95. The lowest BCUT2D eigenvalue weighted by Crippen LogP contribution is -2.34. The first-order valence-corrected chi connectivity index (χ1v) is 11.4. The van der Waals surface area contributed by atoms with Gasteiger partial charge in [0, 0.05) is 38.2 Å². The molecule has 0 aromatic carbocycles. The number of aromatic nitrogens is 2. The van der Waals surface area contributed by atoms with Gasteiger partial charge in [-0.15, -0.1) is 0 Å². The fourth-order valence-corrected chi connectivity index (χ4v) is 4.99. The summed E-state index contributed by atoms with van der Waals surface area (Å²) in [5.41, 5.74) is -0.818. The highest BCUT2D eigenvalue weighted by Gasteiger charge is 2.27. The minimum Gasteiger partial charge on any atom is -0.384 e. The molecule has 2 amide bonds. The molecule has 1 unspecified atom stereocenters. The number of amides is 2. The molecular weight excluding hydrogens is 406 g/mol. The van der Waals surface area contributed by atoms with Crippen molar-refractivity contribution in [3.8, 4) is 0 Å². The summed E-state index contributed by atoms with van der Waals surface area (Å²) in [7, 11) is -1.44. The Labute approximate surface area is 169 Å². The van der Waals surface area contributed by atoms with Crippen LogP contribution in [-0.2, 0) is 25.8 Å². The van der Waals surface area contributed by atoms with E-state index in [1.54, 1.807) is 4.90 Å². The molecule has 164 valence electrons. The van der Waals surface area contributed by atoms with Gasteiger partial charge in [-0.25, -0.2) is 13.0 Å². The summed E-state index contributed by atoms with van der Waals surface area (Å²) in [6, 6.07) is 0. The minimum absolute atomic E-state index is 0.0294. The molecule has 2 rings (SSSR count). The molecule has 1 aliphatic rings. The van der Waals surface area contributed by atoms with E-state index in [9.17, 15) is 22.6 Å². The number of hydrogen-bond donors (Lipinski definition) is 0. The van der Waals surface area contributed by atoms with Crippen LogP contribution in [0.25, 0.3) is 0 Å². The number of hydrogen-bond acceptors (Lipinski definition) is 5. The summed E-state index contributed by atoms with van der Waals surface area (Å²) in [5, 5.41) is 3.90. The molecule has 1 fully saturated rings. The summed E-state index contributed by atoms with van der Waals surface area (Å²) >= 11 is 0. The van der Waals surface area contributed by atoms with Gasteiger partial charge in [-0.2, -0.15) is 9.46 Å². The van der Waals surface area contributed by atoms with Crippen LogP contribution in [0.4, 0.5) is 8.78 Å². The zero-order valence-corrected chi connectivity index (χ0v) is 17.8. The monoisotopic (exact) mass is 434 g/mol. The Balaban J connectivity index is 2.21. The Kier molecular flexibility index (Phi) is 8.26. The van der Waals surface area contributed by atoms with E-state index in [0.29, 0.717) is 19.6 Å². The van der Waals surface area contributed by atoms with Crippen LogP contribution in [0, 0.1) is 5.92 Å². The van der Waals surface area contributed by atoms with E-state index in [-0.39, 0.29) is 48.4 Å². The SMILES string of the molecule is COCCC(=O)N1CCCS(=O)(=NC(=O)c2cnn(CC(C)C)c2C(F)F)CC1. The lowest BCUT2D eigenvalue weighted by Gasteiger charge is -2.19. The third-order valence-electron chi connectivity index (χ3n) is 4.55. The highest BCUT2D eigenvalue weighted by molar-refractivity contribution is 7.93. The van der Waals surface area contributed by atoms with E-state index < -0.39 is 27.8 Å². The number of methoxy groups -OCH3 is 1. The number of ether oxygens (including phenoxy) is 1. The van der Waals surface area contributed by atoms with Crippen molar-refractivity contribution in [1.29, 1.82) is 0 Å². The molecule has 11 heteroatoms. The third kappa shape index (κ3) is 6.30. The molecule has 1 atom stereocenters. The van der Waals surface area contributed by atoms with Gasteiger partial charge in [0.05, 0.1) is 34.5 Å². The predicted octanol–water partition coefficient (Wildman–Crippen LogP) is 2.35. The largest absolute Gasteiger partial charge is 0.384 e. The normalized spacial score (nSPS) is 20.2. The lowest BCUT2D eigenvalue weighted by molar-refractivity contribution is -0.131. The van der Waals surface area contributed by atoms with Crippen LogP contribution in [0.2, 0.25) is 0 Å². The second-order valence-corrected chi connectivity index (χ2v) is 9.92. The Hall–Kier alpha value is -1.88. The Morgan fingerprint density at radius 1 is 1.31 bits per heavy atom. The van der Waals surface area contributed by atoms with E-state index in [2.05, 4.69) is 9.46 Å². The molecule has 1 saturated heterocycles. The summed E-state index contributed by atoms with van der Waals surface area (Å²) in [4.78, 5) is 26.3. The smallest absolute Gasteiger partial charge is 0.288 e. The van der Waals surface area contributed by atoms with Crippen LogP contribution in [0.5, 0.6) is 0 Å². The maximum atomic E-state index is 13.5. The van der Waals surface area contributed by atoms with E-state index in [1.807, 2.05) is 13.8 Å². The zero-order valence-electron chi connectivity index (χ0n) is 17.0. The molecule has 8 nitrogen and oxygen atoms in total. The van der Waals surface area contributed by atoms with Gasteiger partial charge in [-0.05, 0) is 12.3 Å². The summed E-state index contributed by atoms with van der Waals surface area (Å²) in [6.07, 6.45) is -1.19. The highest BCUT2D eigenvalue weighted by Crippen LogP contribution is 2.25. The van der Waals surface area contributed by atoms with E-state index in [4.69, 9.17) is 4.74 Å². The molecular formula is C18H28F2N4O4S. The van der Waals surface area contributed by atoms with Crippen LogP contribution < -0.4 is 0 Å². The average Bonchev–Trinajstić information content (AvgIpc) is 2.95. The van der Waals surface area contributed by atoms with Crippen LogP contribution in [0.15, 0.2) is 10.6 Å². The van der Waals surface area contributed by atoms with Gasteiger partial charge in [0.1, 0.15) is 5.69 Å². The van der Waals surface area contributed by atoms with E-state index in [1.165, 1.54) is 7.11 Å². The van der Waals surface area contributed by atoms with E-state index in [0.717, 1.165) is 10.9 Å². The molecule has 0 spiro atoms. The predicted molar refractivity (Wildman–Crippen MR) is 104 cm³/mol. The first-order valence-electron chi connectivity index (χ1n) is 9.54. The molecule has 1 aromatic heterocycles. The quantitative estimate of drug-likeness (QED) is 0.657. The maximum Gasteiger partial charge on any atom is 0.288 e. The van der Waals surface area contributed by atoms with Crippen LogP contribution in [0.3, 0.4) is 0 Å². The summed E-state index contributed by atoms with van der Waals surface area (Å²) in [5.74, 6) is -0.832. The number of alkyl halides is 2. The fourth-order valence-electron chi connectivity index (χ4n) is 3.12. The first-order chi connectivity index (χ1) is 13.7. The number of halogens is 2. The molecule has 0 saturated carbocycles. The molecule has 2 heterocycles. The average molecular weight is 435 g/mol. The third-order valence-corrected chi connectivity index (χ3v) is 6.79. The van der Waals surface area contributed by atoms with Gasteiger partial charge in [0.15, 0.2) is 0 Å². The standard InChI is InChI=1S/C18H28F2N4O4S/c1-13(2)12-24-16(17(19)20)14(11-21-24)18(26)22-29(27)9-4-6-23(7-10-29)15(25)5-8-28-3/h11,13,17H,4-10,12H2,1-3H3. The van der Waals surface area contributed by atoms with Crippen molar-refractivity contribution in [1.82, 2.24) is 14.7 Å². The molecule has 0 radical (unpaired) electrons. The van der Waals surface area contributed by atoms with Crippen molar-refractivity contribution in [2.24, 2.45) is 10.3 Å². The number of nitrogens with zero attached hydrogens (tertiary/aromatic N) is 4.